The molecule has 0 aromatic heterocycles. The summed E-state index contributed by atoms with van der Waals surface area (Å²) >= 11 is 0. The Morgan fingerprint density at radius 2 is 2.25 bits per heavy atom. The van der Waals surface area contributed by atoms with Gasteiger partial charge in [0.2, 0.25) is 0 Å². The first kappa shape index (κ1) is 11.0. The van der Waals surface area contributed by atoms with Gasteiger partial charge in [-0.2, -0.15) is 5.26 Å². The fourth-order valence-electron chi connectivity index (χ4n) is 2.02. The fourth-order valence-corrected chi connectivity index (χ4v) is 2.02. The number of nitriles is 1. The highest BCUT2D eigenvalue weighted by atomic mass is 14.9. The molecule has 1 fully saturated rings. The molecule has 1 aromatic rings. The summed E-state index contributed by atoms with van der Waals surface area (Å²) in [6.07, 6.45) is 4.03. The first-order chi connectivity index (χ1) is 7.69. The quantitative estimate of drug-likeness (QED) is 0.833. The molecule has 1 saturated carbocycles. The maximum absolute atomic E-state index is 8.86. The average Bonchev–Trinajstić information content (AvgIpc) is 3.05. The summed E-state index contributed by atoms with van der Waals surface area (Å²) in [6.45, 7) is 4.30. The molecule has 0 spiro atoms. The van der Waals surface area contributed by atoms with Crippen molar-refractivity contribution in [2.24, 2.45) is 5.92 Å². The lowest BCUT2D eigenvalue weighted by Crippen LogP contribution is -2.16. The standard InChI is InChI=1S/C14H18N2/c1-10-3-4-13(9-15)8-14(10)16-11(2)7-12-5-6-12/h3-4,8,11-12,16H,5-7H2,1-2H3. The minimum Gasteiger partial charge on any atom is -0.382 e. The Balaban J connectivity index is 2.04. The second kappa shape index (κ2) is 4.57. The Kier molecular flexibility index (Phi) is 3.14. The zero-order valence-electron chi connectivity index (χ0n) is 9.96. The summed E-state index contributed by atoms with van der Waals surface area (Å²) in [5.41, 5.74) is 3.04. The van der Waals surface area contributed by atoms with E-state index in [4.69, 9.17) is 5.26 Å². The molecule has 0 bridgehead atoms. The summed E-state index contributed by atoms with van der Waals surface area (Å²) in [4.78, 5) is 0. The molecule has 0 saturated heterocycles. The first-order valence-electron chi connectivity index (χ1n) is 5.96. The molecule has 0 heterocycles. The van der Waals surface area contributed by atoms with Gasteiger partial charge in [0.15, 0.2) is 0 Å². The van der Waals surface area contributed by atoms with Gasteiger partial charge in [0.05, 0.1) is 11.6 Å². The van der Waals surface area contributed by atoms with Crippen LogP contribution in [0.4, 0.5) is 5.69 Å². The average molecular weight is 214 g/mol. The van der Waals surface area contributed by atoms with Gasteiger partial charge in [-0.1, -0.05) is 18.9 Å². The molecule has 84 valence electrons. The molecule has 16 heavy (non-hydrogen) atoms. The van der Waals surface area contributed by atoms with Gasteiger partial charge in [0.1, 0.15) is 0 Å². The summed E-state index contributed by atoms with van der Waals surface area (Å²) in [7, 11) is 0. The zero-order valence-corrected chi connectivity index (χ0v) is 9.96. The van der Waals surface area contributed by atoms with Crippen LogP contribution in [0.1, 0.15) is 37.3 Å². The molecule has 0 radical (unpaired) electrons. The minimum atomic E-state index is 0.500. The van der Waals surface area contributed by atoms with Crippen molar-refractivity contribution in [1.29, 1.82) is 5.26 Å². The van der Waals surface area contributed by atoms with Crippen LogP contribution >= 0.6 is 0 Å². The lowest BCUT2D eigenvalue weighted by Gasteiger charge is -2.16. The van der Waals surface area contributed by atoms with Crippen molar-refractivity contribution >= 4 is 5.69 Å². The second-order valence-electron chi connectivity index (χ2n) is 4.87. The van der Waals surface area contributed by atoms with Crippen LogP contribution in [0, 0.1) is 24.2 Å². The Hall–Kier alpha value is -1.49. The van der Waals surface area contributed by atoms with E-state index in [9.17, 15) is 0 Å². The highest BCUT2D eigenvalue weighted by Gasteiger charge is 2.23. The largest absolute Gasteiger partial charge is 0.382 e. The van der Waals surface area contributed by atoms with Crippen LogP contribution in [0.5, 0.6) is 0 Å². The van der Waals surface area contributed by atoms with Gasteiger partial charge in [-0.05, 0) is 43.9 Å². The Labute approximate surface area is 97.3 Å². The third-order valence-corrected chi connectivity index (χ3v) is 3.15. The molecule has 2 heteroatoms. The minimum absolute atomic E-state index is 0.500. The van der Waals surface area contributed by atoms with E-state index in [-0.39, 0.29) is 0 Å². The Bertz CT molecular complexity index is 413. The van der Waals surface area contributed by atoms with Crippen molar-refractivity contribution in [3.05, 3.63) is 29.3 Å². The van der Waals surface area contributed by atoms with Gasteiger partial charge in [-0.15, -0.1) is 0 Å². The van der Waals surface area contributed by atoms with Crippen molar-refractivity contribution < 1.29 is 0 Å². The number of aryl methyl sites for hydroxylation is 1. The molecule has 1 aromatic carbocycles. The van der Waals surface area contributed by atoms with Crippen molar-refractivity contribution in [3.63, 3.8) is 0 Å². The predicted molar refractivity (Wildman–Crippen MR) is 66.3 cm³/mol. The Morgan fingerprint density at radius 1 is 1.50 bits per heavy atom. The number of nitrogens with zero attached hydrogens (tertiary/aromatic N) is 1. The third kappa shape index (κ3) is 2.76. The molecular weight excluding hydrogens is 196 g/mol. The maximum atomic E-state index is 8.86. The van der Waals surface area contributed by atoms with Gasteiger partial charge in [0, 0.05) is 11.7 Å². The second-order valence-corrected chi connectivity index (χ2v) is 4.87. The number of rotatable bonds is 4. The van der Waals surface area contributed by atoms with Gasteiger partial charge in [0.25, 0.3) is 0 Å². The van der Waals surface area contributed by atoms with Crippen molar-refractivity contribution in [1.82, 2.24) is 0 Å². The molecule has 1 atom stereocenters. The highest BCUT2D eigenvalue weighted by molar-refractivity contribution is 5.55. The summed E-state index contributed by atoms with van der Waals surface area (Å²) in [5, 5.41) is 12.4. The number of anilines is 1. The van der Waals surface area contributed by atoms with Crippen LogP contribution in [0.3, 0.4) is 0 Å². The van der Waals surface area contributed by atoms with E-state index in [1.165, 1.54) is 24.8 Å². The highest BCUT2D eigenvalue weighted by Crippen LogP contribution is 2.34. The van der Waals surface area contributed by atoms with Crippen molar-refractivity contribution in [2.45, 2.75) is 39.2 Å². The summed E-state index contributed by atoms with van der Waals surface area (Å²) in [6, 6.07) is 8.50. The van der Waals surface area contributed by atoms with Crippen molar-refractivity contribution in [3.8, 4) is 6.07 Å². The molecular formula is C14H18N2. The number of nitrogens with one attached hydrogen (secondary N) is 1. The van der Waals surface area contributed by atoms with Crippen LogP contribution in [0.15, 0.2) is 18.2 Å². The van der Waals surface area contributed by atoms with Crippen molar-refractivity contribution in [2.75, 3.05) is 5.32 Å². The van der Waals surface area contributed by atoms with E-state index in [0.29, 0.717) is 6.04 Å². The molecule has 1 N–H and O–H groups in total. The normalized spacial score (nSPS) is 16.6. The van der Waals surface area contributed by atoms with E-state index < -0.39 is 0 Å². The monoisotopic (exact) mass is 214 g/mol. The predicted octanol–water partition coefficient (Wildman–Crippen LogP) is 3.47. The molecule has 0 aliphatic heterocycles. The van der Waals surface area contributed by atoms with Crippen LogP contribution in [-0.4, -0.2) is 6.04 Å². The van der Waals surface area contributed by atoms with Gasteiger partial charge >= 0.3 is 0 Å². The lowest BCUT2D eigenvalue weighted by atomic mass is 10.1. The maximum Gasteiger partial charge on any atom is 0.0992 e. The van der Waals surface area contributed by atoms with Gasteiger partial charge in [-0.25, -0.2) is 0 Å². The van der Waals surface area contributed by atoms with E-state index in [1.54, 1.807) is 0 Å². The molecule has 2 nitrogen and oxygen atoms in total. The van der Waals surface area contributed by atoms with Crippen LogP contribution in [0.25, 0.3) is 0 Å². The molecule has 1 aliphatic rings. The molecule has 2 rings (SSSR count). The van der Waals surface area contributed by atoms with Crippen LogP contribution < -0.4 is 5.32 Å². The third-order valence-electron chi connectivity index (χ3n) is 3.15. The number of hydrogen-bond acceptors (Lipinski definition) is 2. The van der Waals surface area contributed by atoms with Gasteiger partial charge in [-0.3, -0.25) is 0 Å². The fraction of sp³-hybridized carbons (Fsp3) is 0.500. The smallest absolute Gasteiger partial charge is 0.0992 e. The summed E-state index contributed by atoms with van der Waals surface area (Å²) < 4.78 is 0. The van der Waals surface area contributed by atoms with Crippen LogP contribution in [0.2, 0.25) is 0 Å². The number of hydrogen-bond donors (Lipinski definition) is 1. The molecule has 1 aliphatic carbocycles. The zero-order chi connectivity index (χ0) is 11.5. The van der Waals surface area contributed by atoms with E-state index in [0.717, 1.165) is 17.2 Å². The Morgan fingerprint density at radius 3 is 2.88 bits per heavy atom. The van der Waals surface area contributed by atoms with Gasteiger partial charge < -0.3 is 5.32 Å². The van der Waals surface area contributed by atoms with E-state index in [1.807, 2.05) is 18.2 Å². The SMILES string of the molecule is Cc1ccc(C#N)cc1NC(C)CC1CC1. The van der Waals surface area contributed by atoms with Crippen LogP contribution in [-0.2, 0) is 0 Å². The van der Waals surface area contributed by atoms with E-state index >= 15 is 0 Å². The summed E-state index contributed by atoms with van der Waals surface area (Å²) in [5.74, 6) is 0.932. The van der Waals surface area contributed by atoms with E-state index in [2.05, 4.69) is 25.2 Å². The lowest BCUT2D eigenvalue weighted by molar-refractivity contribution is 0.642. The topological polar surface area (TPSA) is 35.8 Å². The first-order valence-corrected chi connectivity index (χ1v) is 5.96. The molecule has 0 amide bonds. The number of benzene rings is 1. The molecule has 1 unspecified atom stereocenters.